The molecule has 2 amide bonds. The summed E-state index contributed by atoms with van der Waals surface area (Å²) in [6.07, 6.45) is 3.38. The van der Waals surface area contributed by atoms with E-state index in [2.05, 4.69) is 15.6 Å². The molecular formula is C14H10ClN3O2. The van der Waals surface area contributed by atoms with Crippen LogP contribution >= 0.6 is 11.6 Å². The Bertz CT molecular complexity index is 715. The minimum Gasteiger partial charge on any atom is -0.326 e. The molecule has 0 saturated carbocycles. The first-order valence-electron chi connectivity index (χ1n) is 5.97. The molecule has 0 saturated heterocycles. The lowest BCUT2D eigenvalue weighted by molar-refractivity contribution is -0.115. The van der Waals surface area contributed by atoms with Crippen molar-refractivity contribution in [3.8, 4) is 0 Å². The number of hydrogen-bond acceptors (Lipinski definition) is 3. The minimum atomic E-state index is -0.302. The third kappa shape index (κ3) is 2.35. The fraction of sp³-hybridized carbons (Fsp3) is 0.0714. The molecule has 5 nitrogen and oxygen atoms in total. The number of carbonyl (C=O) groups is 2. The molecule has 0 unspecified atom stereocenters. The van der Waals surface area contributed by atoms with Gasteiger partial charge in [0.2, 0.25) is 5.91 Å². The molecule has 3 rings (SSSR count). The van der Waals surface area contributed by atoms with E-state index in [1.165, 1.54) is 6.20 Å². The monoisotopic (exact) mass is 287 g/mol. The highest BCUT2D eigenvalue weighted by Gasteiger charge is 2.19. The molecule has 1 aliphatic rings. The number of nitrogens with zero attached hydrogens (tertiary/aromatic N) is 1. The van der Waals surface area contributed by atoms with Crippen LogP contribution in [0.1, 0.15) is 15.9 Å². The Morgan fingerprint density at radius 1 is 1.35 bits per heavy atom. The van der Waals surface area contributed by atoms with Gasteiger partial charge in [0.25, 0.3) is 5.91 Å². The van der Waals surface area contributed by atoms with Crippen molar-refractivity contribution in [1.29, 1.82) is 0 Å². The Morgan fingerprint density at radius 2 is 2.20 bits per heavy atom. The zero-order chi connectivity index (χ0) is 14.1. The van der Waals surface area contributed by atoms with E-state index in [0.717, 1.165) is 5.56 Å². The maximum absolute atomic E-state index is 12.1. The smallest absolute Gasteiger partial charge is 0.255 e. The third-order valence-electron chi connectivity index (χ3n) is 3.01. The fourth-order valence-electron chi connectivity index (χ4n) is 2.02. The van der Waals surface area contributed by atoms with E-state index >= 15 is 0 Å². The van der Waals surface area contributed by atoms with Gasteiger partial charge >= 0.3 is 0 Å². The maximum atomic E-state index is 12.1. The van der Waals surface area contributed by atoms with Crippen molar-refractivity contribution in [2.75, 3.05) is 10.6 Å². The van der Waals surface area contributed by atoms with Crippen LogP contribution in [0.5, 0.6) is 0 Å². The van der Waals surface area contributed by atoms with Crippen molar-refractivity contribution in [3.63, 3.8) is 0 Å². The molecular weight excluding hydrogens is 278 g/mol. The number of pyridine rings is 1. The summed E-state index contributed by atoms with van der Waals surface area (Å²) in [6, 6.07) is 6.70. The molecule has 0 fully saturated rings. The van der Waals surface area contributed by atoms with Crippen LogP contribution in [-0.2, 0) is 11.2 Å². The second-order valence-electron chi connectivity index (χ2n) is 4.41. The predicted molar refractivity (Wildman–Crippen MR) is 76.0 cm³/mol. The summed E-state index contributed by atoms with van der Waals surface area (Å²) in [5, 5.41) is 5.81. The van der Waals surface area contributed by atoms with Gasteiger partial charge < -0.3 is 10.6 Å². The molecule has 0 aliphatic carbocycles. The third-order valence-corrected chi connectivity index (χ3v) is 3.34. The number of amides is 2. The molecule has 2 N–H and O–H groups in total. The van der Waals surface area contributed by atoms with E-state index in [-0.39, 0.29) is 11.8 Å². The maximum Gasteiger partial charge on any atom is 0.255 e. The van der Waals surface area contributed by atoms with Crippen LogP contribution in [0, 0.1) is 0 Å². The number of aromatic nitrogens is 1. The van der Waals surface area contributed by atoms with Crippen LogP contribution in [0.4, 0.5) is 11.4 Å². The fourth-order valence-corrected chi connectivity index (χ4v) is 2.17. The lowest BCUT2D eigenvalue weighted by atomic mass is 10.1. The molecule has 1 aromatic carbocycles. The van der Waals surface area contributed by atoms with E-state index in [0.29, 0.717) is 28.4 Å². The van der Waals surface area contributed by atoms with Gasteiger partial charge in [0.15, 0.2) is 0 Å². The number of carbonyl (C=O) groups excluding carboxylic acids is 2. The average molecular weight is 288 g/mol. The Hall–Kier alpha value is -2.40. The van der Waals surface area contributed by atoms with Gasteiger partial charge in [-0.3, -0.25) is 14.6 Å². The van der Waals surface area contributed by atoms with Crippen molar-refractivity contribution >= 4 is 34.8 Å². The summed E-state index contributed by atoms with van der Waals surface area (Å²) >= 11 is 5.96. The van der Waals surface area contributed by atoms with Crippen molar-refractivity contribution in [1.82, 2.24) is 4.98 Å². The number of anilines is 2. The zero-order valence-electron chi connectivity index (χ0n) is 10.3. The van der Waals surface area contributed by atoms with Gasteiger partial charge in [-0.2, -0.15) is 0 Å². The minimum absolute atomic E-state index is 0.0622. The van der Waals surface area contributed by atoms with E-state index in [4.69, 9.17) is 11.6 Å². The zero-order valence-corrected chi connectivity index (χ0v) is 11.1. The van der Waals surface area contributed by atoms with Crippen molar-refractivity contribution in [2.24, 2.45) is 0 Å². The van der Waals surface area contributed by atoms with Gasteiger partial charge in [0.1, 0.15) is 0 Å². The van der Waals surface area contributed by atoms with E-state index in [1.807, 2.05) is 0 Å². The Labute approximate surface area is 120 Å². The highest BCUT2D eigenvalue weighted by atomic mass is 35.5. The number of fused-ring (bicyclic) bond motifs is 1. The number of benzene rings is 1. The standard InChI is InChI=1S/C14H10ClN3O2/c15-10-3-4-16-7-12(10)18-14(20)9-2-1-8-6-13(19)17-11(8)5-9/h1-5,7H,6H2,(H,17,19)(H,18,20). The van der Waals surface area contributed by atoms with Gasteiger partial charge in [-0.25, -0.2) is 0 Å². The van der Waals surface area contributed by atoms with Gasteiger partial charge in [0.05, 0.1) is 23.3 Å². The Morgan fingerprint density at radius 3 is 3.00 bits per heavy atom. The second kappa shape index (κ2) is 4.94. The number of halogens is 1. The first kappa shape index (κ1) is 12.6. The van der Waals surface area contributed by atoms with Gasteiger partial charge in [-0.15, -0.1) is 0 Å². The summed E-state index contributed by atoms with van der Waals surface area (Å²) in [4.78, 5) is 27.3. The highest BCUT2D eigenvalue weighted by molar-refractivity contribution is 6.33. The lowest BCUT2D eigenvalue weighted by Gasteiger charge is -2.07. The summed E-state index contributed by atoms with van der Waals surface area (Å²) in [5.74, 6) is -0.364. The van der Waals surface area contributed by atoms with E-state index in [1.54, 1.807) is 30.5 Å². The van der Waals surface area contributed by atoms with Gasteiger partial charge in [-0.1, -0.05) is 17.7 Å². The molecule has 6 heteroatoms. The van der Waals surface area contributed by atoms with Crippen LogP contribution in [0.2, 0.25) is 5.02 Å². The topological polar surface area (TPSA) is 71.1 Å². The SMILES string of the molecule is O=C1Cc2ccc(C(=O)Nc3cnccc3Cl)cc2N1. The van der Waals surface area contributed by atoms with Crippen molar-refractivity contribution < 1.29 is 9.59 Å². The highest BCUT2D eigenvalue weighted by Crippen LogP contribution is 2.25. The van der Waals surface area contributed by atoms with Crippen molar-refractivity contribution in [2.45, 2.75) is 6.42 Å². The first-order chi connectivity index (χ1) is 9.63. The average Bonchev–Trinajstić information content (AvgIpc) is 2.80. The lowest BCUT2D eigenvalue weighted by Crippen LogP contribution is -2.12. The molecule has 1 aliphatic heterocycles. The summed E-state index contributed by atoms with van der Waals surface area (Å²) in [5.41, 5.74) is 2.47. The van der Waals surface area contributed by atoms with E-state index in [9.17, 15) is 9.59 Å². The molecule has 0 spiro atoms. The summed E-state index contributed by atoms with van der Waals surface area (Å²) < 4.78 is 0. The van der Waals surface area contributed by atoms with Gasteiger partial charge in [0, 0.05) is 17.4 Å². The van der Waals surface area contributed by atoms with Crippen LogP contribution in [0.3, 0.4) is 0 Å². The molecule has 2 heterocycles. The molecule has 20 heavy (non-hydrogen) atoms. The van der Waals surface area contributed by atoms with Crippen molar-refractivity contribution in [3.05, 3.63) is 52.8 Å². The van der Waals surface area contributed by atoms with Gasteiger partial charge in [-0.05, 0) is 23.8 Å². The normalized spacial score (nSPS) is 12.8. The first-order valence-corrected chi connectivity index (χ1v) is 6.35. The summed E-state index contributed by atoms with van der Waals surface area (Å²) in [7, 11) is 0. The quantitative estimate of drug-likeness (QED) is 0.891. The Kier molecular flexibility index (Phi) is 3.12. The predicted octanol–water partition coefficient (Wildman–Crippen LogP) is 2.48. The Balaban J connectivity index is 1.84. The molecule has 1 aromatic heterocycles. The molecule has 0 radical (unpaired) electrons. The molecule has 100 valence electrons. The van der Waals surface area contributed by atoms with Crippen LogP contribution < -0.4 is 10.6 Å². The van der Waals surface area contributed by atoms with Crippen LogP contribution in [0.15, 0.2) is 36.7 Å². The largest absolute Gasteiger partial charge is 0.326 e. The molecule has 2 aromatic rings. The van der Waals surface area contributed by atoms with E-state index < -0.39 is 0 Å². The number of nitrogens with one attached hydrogen (secondary N) is 2. The number of rotatable bonds is 2. The molecule has 0 bridgehead atoms. The van der Waals surface area contributed by atoms with Crippen LogP contribution in [0.25, 0.3) is 0 Å². The number of hydrogen-bond donors (Lipinski definition) is 2. The van der Waals surface area contributed by atoms with Crippen LogP contribution in [-0.4, -0.2) is 16.8 Å². The second-order valence-corrected chi connectivity index (χ2v) is 4.81. The summed E-state index contributed by atoms with van der Waals surface area (Å²) in [6.45, 7) is 0. The molecule has 0 atom stereocenters.